The number of hydrogen-bond donors (Lipinski definition) is 0. The molecule has 0 aliphatic carbocycles. The predicted octanol–water partition coefficient (Wildman–Crippen LogP) is 8.62. The average Bonchev–Trinajstić information content (AvgIpc) is 2.67. The van der Waals surface area contributed by atoms with Crippen LogP contribution in [-0.2, 0) is 0 Å². The van der Waals surface area contributed by atoms with E-state index < -0.39 is 16.5 Å². The first-order valence-electron chi connectivity index (χ1n) is 13.1. The average molecular weight is 445 g/mol. The summed E-state index contributed by atoms with van der Waals surface area (Å²) in [6.45, 7) is 21.6. The summed E-state index contributed by atoms with van der Waals surface area (Å²) in [4.78, 5) is 0. The fourth-order valence-corrected chi connectivity index (χ4v) is 10.8. The van der Waals surface area contributed by atoms with Crippen molar-refractivity contribution in [3.63, 3.8) is 0 Å². The van der Waals surface area contributed by atoms with Crippen LogP contribution in [0.4, 0.5) is 0 Å². The zero-order chi connectivity index (χ0) is 22.8. The number of nitrogens with zero attached hydrogens (tertiary/aromatic N) is 2. The van der Waals surface area contributed by atoms with Crippen LogP contribution in [0.5, 0.6) is 0 Å². The summed E-state index contributed by atoms with van der Waals surface area (Å²) >= 11 is 0. The summed E-state index contributed by atoms with van der Waals surface area (Å²) < 4.78 is 5.40. The molecule has 4 heteroatoms. The molecule has 2 nitrogen and oxygen atoms in total. The number of unbranched alkanes of at least 4 members (excludes halogenated alkanes) is 5. The van der Waals surface area contributed by atoms with Crippen LogP contribution in [0.1, 0.15) is 98.8 Å². The summed E-state index contributed by atoms with van der Waals surface area (Å²) in [5.74, 6) is 0. The first kappa shape index (κ1) is 31.5. The van der Waals surface area contributed by atoms with Crippen LogP contribution in [0.2, 0.25) is 37.8 Å². The van der Waals surface area contributed by atoms with Gasteiger partial charge in [-0.25, -0.2) is 0 Å². The van der Waals surface area contributed by atoms with Crippen molar-refractivity contribution in [1.29, 1.82) is 0 Å². The molecular formula is C25H60N2Si2. The SMILES string of the molecule is CCCCN(CCCC)[Si](C)(C)C.CCCC[Si](CCCC)(CCCC)N(C)C. The van der Waals surface area contributed by atoms with Gasteiger partial charge in [0.2, 0.25) is 0 Å². The molecule has 29 heavy (non-hydrogen) atoms. The smallest absolute Gasteiger partial charge is 0.127 e. The van der Waals surface area contributed by atoms with Gasteiger partial charge in [-0.1, -0.05) is 106 Å². The highest BCUT2D eigenvalue weighted by Gasteiger charge is 2.33. The molecule has 0 saturated carbocycles. The van der Waals surface area contributed by atoms with Crippen molar-refractivity contribution < 1.29 is 0 Å². The van der Waals surface area contributed by atoms with Gasteiger partial charge in [0.25, 0.3) is 0 Å². The Balaban J connectivity index is 0. The second-order valence-corrected chi connectivity index (χ2v) is 20.1. The van der Waals surface area contributed by atoms with E-state index in [1.807, 2.05) is 0 Å². The fraction of sp³-hybridized carbons (Fsp3) is 1.00. The number of hydrogen-bond acceptors (Lipinski definition) is 2. The molecule has 0 aliphatic heterocycles. The minimum atomic E-state index is -1.10. The minimum Gasteiger partial charge on any atom is -0.329 e. The molecule has 0 spiro atoms. The van der Waals surface area contributed by atoms with Crippen LogP contribution in [-0.4, -0.2) is 52.8 Å². The van der Waals surface area contributed by atoms with Crippen LogP contribution in [0, 0.1) is 0 Å². The Bertz CT molecular complexity index is 310. The van der Waals surface area contributed by atoms with Gasteiger partial charge in [-0.05, 0) is 58.2 Å². The van der Waals surface area contributed by atoms with Crippen molar-refractivity contribution in [2.24, 2.45) is 0 Å². The normalized spacial score (nSPS) is 12.4. The van der Waals surface area contributed by atoms with E-state index in [9.17, 15) is 0 Å². The minimum absolute atomic E-state index is 1.03. The van der Waals surface area contributed by atoms with Crippen molar-refractivity contribution in [2.45, 2.75) is 137 Å². The van der Waals surface area contributed by atoms with E-state index in [1.165, 1.54) is 95.4 Å². The molecule has 0 rings (SSSR count). The van der Waals surface area contributed by atoms with Crippen molar-refractivity contribution in [1.82, 2.24) is 9.13 Å². The van der Waals surface area contributed by atoms with Crippen molar-refractivity contribution in [3.8, 4) is 0 Å². The van der Waals surface area contributed by atoms with Crippen LogP contribution in [0.25, 0.3) is 0 Å². The summed E-state index contributed by atoms with van der Waals surface area (Å²) in [6.07, 6.45) is 13.8. The monoisotopic (exact) mass is 444 g/mol. The predicted molar refractivity (Wildman–Crippen MR) is 143 cm³/mol. The third kappa shape index (κ3) is 15.8. The second-order valence-electron chi connectivity index (χ2n) is 10.3. The molecule has 178 valence electrons. The van der Waals surface area contributed by atoms with Gasteiger partial charge in [0.15, 0.2) is 0 Å². The van der Waals surface area contributed by atoms with Crippen LogP contribution in [0.3, 0.4) is 0 Å². The van der Waals surface area contributed by atoms with E-state index in [0.717, 1.165) is 0 Å². The van der Waals surface area contributed by atoms with E-state index in [0.29, 0.717) is 0 Å². The van der Waals surface area contributed by atoms with Gasteiger partial charge >= 0.3 is 0 Å². The summed E-state index contributed by atoms with van der Waals surface area (Å²) in [6, 6.07) is 4.57. The van der Waals surface area contributed by atoms with E-state index in [4.69, 9.17) is 0 Å². The van der Waals surface area contributed by atoms with Gasteiger partial charge in [-0.2, -0.15) is 0 Å². The lowest BCUT2D eigenvalue weighted by Gasteiger charge is -2.38. The molecule has 0 fully saturated rings. The molecule has 0 aromatic rings. The summed E-state index contributed by atoms with van der Waals surface area (Å²) in [5, 5.41) is 0. The molecule has 0 aromatic heterocycles. The van der Waals surface area contributed by atoms with Gasteiger partial charge in [0.1, 0.15) is 16.5 Å². The van der Waals surface area contributed by atoms with Crippen LogP contribution in [0.15, 0.2) is 0 Å². The van der Waals surface area contributed by atoms with Crippen molar-refractivity contribution in [3.05, 3.63) is 0 Å². The van der Waals surface area contributed by atoms with Gasteiger partial charge in [0.05, 0.1) is 0 Å². The molecule has 0 amide bonds. The Morgan fingerprint density at radius 2 is 0.828 bits per heavy atom. The van der Waals surface area contributed by atoms with E-state index >= 15 is 0 Å². The molecule has 0 bridgehead atoms. The maximum absolute atomic E-state index is 2.75. The molecule has 0 N–H and O–H groups in total. The van der Waals surface area contributed by atoms with Crippen molar-refractivity contribution >= 4 is 16.5 Å². The first-order chi connectivity index (χ1) is 13.6. The molecule has 0 unspecified atom stereocenters. The highest BCUT2D eigenvalue weighted by Crippen LogP contribution is 2.29. The van der Waals surface area contributed by atoms with E-state index in [2.05, 4.69) is 77.5 Å². The Morgan fingerprint density at radius 3 is 1.03 bits per heavy atom. The topological polar surface area (TPSA) is 6.48 Å². The Hall–Kier alpha value is 0.354. The third-order valence-corrected chi connectivity index (χ3v) is 14.5. The third-order valence-electron chi connectivity index (χ3n) is 6.45. The molecule has 0 heterocycles. The van der Waals surface area contributed by atoms with Crippen LogP contribution >= 0.6 is 0 Å². The summed E-state index contributed by atoms with van der Waals surface area (Å²) in [7, 11) is 2.55. The molecule has 0 saturated heterocycles. The highest BCUT2D eigenvalue weighted by atomic mass is 28.3. The lowest BCUT2D eigenvalue weighted by Crippen LogP contribution is -2.49. The maximum Gasteiger partial charge on any atom is 0.127 e. The molecule has 0 radical (unpaired) electrons. The lowest BCUT2D eigenvalue weighted by molar-refractivity contribution is 0.402. The van der Waals surface area contributed by atoms with E-state index in [-0.39, 0.29) is 0 Å². The fourth-order valence-electron chi connectivity index (χ4n) is 4.04. The van der Waals surface area contributed by atoms with E-state index in [1.54, 1.807) is 0 Å². The van der Waals surface area contributed by atoms with Gasteiger partial charge in [-0.3, -0.25) is 0 Å². The largest absolute Gasteiger partial charge is 0.329 e. The van der Waals surface area contributed by atoms with Gasteiger partial charge in [-0.15, -0.1) is 0 Å². The van der Waals surface area contributed by atoms with Gasteiger partial charge in [0, 0.05) is 0 Å². The summed E-state index contributed by atoms with van der Waals surface area (Å²) in [5.41, 5.74) is 0. The molecule has 0 atom stereocenters. The van der Waals surface area contributed by atoms with Crippen molar-refractivity contribution in [2.75, 3.05) is 27.2 Å². The molecule has 0 aromatic carbocycles. The molecule has 0 aliphatic rings. The van der Waals surface area contributed by atoms with Gasteiger partial charge < -0.3 is 9.13 Å². The Labute approximate surface area is 189 Å². The lowest BCUT2D eigenvalue weighted by atomic mass is 10.3. The zero-order valence-corrected chi connectivity index (χ0v) is 24.5. The van der Waals surface area contributed by atoms with Crippen LogP contribution < -0.4 is 0 Å². The Morgan fingerprint density at radius 1 is 0.517 bits per heavy atom. The zero-order valence-electron chi connectivity index (χ0n) is 22.5. The maximum atomic E-state index is 2.75. The standard InChI is InChI=1S/C14H33NSi.C11H27NSi/c1-6-9-12-16(15(4)5,13-10-7-2)14-11-8-3;1-6-8-10-12(11-9-7-2)13(3,4)5/h6-14H2,1-5H3;6-11H2,1-5H3. The number of rotatable bonds is 17. The first-order valence-corrected chi connectivity index (χ1v) is 19.1. The second kappa shape index (κ2) is 19.1. The highest BCUT2D eigenvalue weighted by molar-refractivity contribution is 6.77. The Kier molecular flexibility index (Phi) is 20.7. The quantitative estimate of drug-likeness (QED) is 0.207. The molecular weight excluding hydrogens is 384 g/mol.